The zero-order chi connectivity index (χ0) is 19.4. The standard InChI is InChI=1S/C17H19F3N4O3/c18-17(19,20)9-15(25)24-5-3-11(4-6-24)13-8-14(23-22-13)16(26)21-10-12-2-1-7-27-12/h1-2,7-8,11H,3-6,9-10H2,(H,21,26)(H,22,23). The smallest absolute Gasteiger partial charge is 0.397 e. The molecule has 146 valence electrons. The zero-order valence-corrected chi connectivity index (χ0v) is 14.4. The molecule has 27 heavy (non-hydrogen) atoms. The summed E-state index contributed by atoms with van der Waals surface area (Å²) in [5.74, 6) is -0.621. The van der Waals surface area contributed by atoms with Gasteiger partial charge in [0.15, 0.2) is 0 Å². The lowest BCUT2D eigenvalue weighted by Crippen LogP contribution is -2.39. The van der Waals surface area contributed by atoms with E-state index in [1.807, 2.05) is 0 Å². The molecule has 0 radical (unpaired) electrons. The van der Waals surface area contributed by atoms with Gasteiger partial charge in [-0.15, -0.1) is 0 Å². The van der Waals surface area contributed by atoms with Crippen molar-refractivity contribution in [3.8, 4) is 0 Å². The SMILES string of the molecule is O=C(NCc1ccco1)c1cc(C2CCN(C(=O)CC(F)(F)F)CC2)[nH]n1. The van der Waals surface area contributed by atoms with E-state index in [4.69, 9.17) is 4.42 Å². The van der Waals surface area contributed by atoms with Crippen molar-refractivity contribution in [3.05, 3.63) is 41.6 Å². The molecular weight excluding hydrogens is 365 g/mol. The van der Waals surface area contributed by atoms with Crippen molar-refractivity contribution in [1.82, 2.24) is 20.4 Å². The predicted molar refractivity (Wildman–Crippen MR) is 87.7 cm³/mol. The second-order valence-corrected chi connectivity index (χ2v) is 6.42. The number of aromatic nitrogens is 2. The van der Waals surface area contributed by atoms with Crippen LogP contribution in [0.3, 0.4) is 0 Å². The summed E-state index contributed by atoms with van der Waals surface area (Å²) in [6, 6.07) is 5.10. The van der Waals surface area contributed by atoms with Crippen LogP contribution in [0.5, 0.6) is 0 Å². The normalized spacial score (nSPS) is 15.7. The monoisotopic (exact) mass is 384 g/mol. The molecule has 0 aliphatic carbocycles. The molecule has 0 aromatic carbocycles. The van der Waals surface area contributed by atoms with Gasteiger partial charge in [0.05, 0.1) is 12.8 Å². The molecule has 1 saturated heterocycles. The minimum absolute atomic E-state index is 0.0130. The number of likely N-dealkylation sites (tertiary alicyclic amines) is 1. The first-order valence-corrected chi connectivity index (χ1v) is 8.52. The Labute approximate surface area is 152 Å². The van der Waals surface area contributed by atoms with Crippen LogP contribution in [0.15, 0.2) is 28.9 Å². The number of carbonyl (C=O) groups excluding carboxylic acids is 2. The second kappa shape index (κ2) is 7.85. The summed E-state index contributed by atoms with van der Waals surface area (Å²) in [6.07, 6.45) is -3.38. The van der Waals surface area contributed by atoms with E-state index in [1.54, 1.807) is 18.2 Å². The first kappa shape index (κ1) is 19.0. The van der Waals surface area contributed by atoms with E-state index in [0.717, 1.165) is 5.69 Å². The Hall–Kier alpha value is -2.78. The van der Waals surface area contributed by atoms with Gasteiger partial charge in [0.1, 0.15) is 17.9 Å². The highest BCUT2D eigenvalue weighted by atomic mass is 19.4. The molecule has 0 atom stereocenters. The highest BCUT2D eigenvalue weighted by molar-refractivity contribution is 5.92. The number of furan rings is 1. The first-order valence-electron chi connectivity index (χ1n) is 8.52. The number of hydrogen-bond acceptors (Lipinski definition) is 4. The van der Waals surface area contributed by atoms with Crippen LogP contribution in [0, 0.1) is 0 Å². The molecule has 2 aromatic rings. The van der Waals surface area contributed by atoms with Gasteiger partial charge in [0.25, 0.3) is 5.91 Å². The van der Waals surface area contributed by atoms with Crippen molar-refractivity contribution >= 4 is 11.8 Å². The maximum Gasteiger partial charge on any atom is 0.397 e. The van der Waals surface area contributed by atoms with Gasteiger partial charge >= 0.3 is 6.18 Å². The molecule has 1 aliphatic heterocycles. The molecule has 2 N–H and O–H groups in total. The van der Waals surface area contributed by atoms with Gasteiger partial charge in [-0.2, -0.15) is 18.3 Å². The number of nitrogens with zero attached hydrogens (tertiary/aromatic N) is 2. The van der Waals surface area contributed by atoms with E-state index in [1.165, 1.54) is 11.2 Å². The average molecular weight is 384 g/mol. The van der Waals surface area contributed by atoms with Crippen LogP contribution in [0.1, 0.15) is 47.1 Å². The van der Waals surface area contributed by atoms with Crippen LogP contribution in [0.2, 0.25) is 0 Å². The molecule has 0 saturated carbocycles. The third kappa shape index (κ3) is 5.11. The highest BCUT2D eigenvalue weighted by Gasteiger charge is 2.35. The van der Waals surface area contributed by atoms with E-state index >= 15 is 0 Å². The van der Waals surface area contributed by atoms with E-state index in [2.05, 4.69) is 15.5 Å². The number of nitrogens with one attached hydrogen (secondary N) is 2. The summed E-state index contributed by atoms with van der Waals surface area (Å²) >= 11 is 0. The molecule has 1 fully saturated rings. The number of piperidine rings is 1. The van der Waals surface area contributed by atoms with Crippen LogP contribution in [-0.4, -0.2) is 46.2 Å². The first-order chi connectivity index (χ1) is 12.8. The topological polar surface area (TPSA) is 91.2 Å². The third-order valence-corrected chi connectivity index (χ3v) is 4.47. The zero-order valence-electron chi connectivity index (χ0n) is 14.4. The molecule has 0 spiro atoms. The minimum atomic E-state index is -4.49. The molecule has 7 nitrogen and oxygen atoms in total. The maximum absolute atomic E-state index is 12.3. The number of rotatable bonds is 5. The lowest BCUT2D eigenvalue weighted by atomic mass is 9.93. The Kier molecular flexibility index (Phi) is 5.52. The summed E-state index contributed by atoms with van der Waals surface area (Å²) in [6.45, 7) is 0.741. The summed E-state index contributed by atoms with van der Waals surface area (Å²) in [5.41, 5.74) is 0.966. The molecule has 0 bridgehead atoms. The number of hydrogen-bond donors (Lipinski definition) is 2. The maximum atomic E-state index is 12.3. The molecule has 2 amide bonds. The van der Waals surface area contributed by atoms with Gasteiger partial charge in [-0.05, 0) is 31.0 Å². The lowest BCUT2D eigenvalue weighted by molar-refractivity contribution is -0.162. The van der Waals surface area contributed by atoms with Gasteiger partial charge in [-0.1, -0.05) is 0 Å². The number of H-pyrrole nitrogens is 1. The summed E-state index contributed by atoms with van der Waals surface area (Å²) in [4.78, 5) is 25.0. The van der Waals surface area contributed by atoms with E-state index in [0.29, 0.717) is 18.6 Å². The fourth-order valence-corrected chi connectivity index (χ4v) is 3.06. The number of aromatic amines is 1. The minimum Gasteiger partial charge on any atom is -0.467 e. The van der Waals surface area contributed by atoms with Gasteiger partial charge < -0.3 is 14.6 Å². The van der Waals surface area contributed by atoms with Crippen molar-refractivity contribution in [2.24, 2.45) is 0 Å². The van der Waals surface area contributed by atoms with Crippen LogP contribution in [0.25, 0.3) is 0 Å². The number of halogens is 3. The Morgan fingerprint density at radius 3 is 2.70 bits per heavy atom. The van der Waals surface area contributed by atoms with Crippen molar-refractivity contribution in [2.75, 3.05) is 13.1 Å². The van der Waals surface area contributed by atoms with Crippen LogP contribution < -0.4 is 5.32 Å². The van der Waals surface area contributed by atoms with Crippen molar-refractivity contribution in [1.29, 1.82) is 0 Å². The van der Waals surface area contributed by atoms with Gasteiger partial charge in [0, 0.05) is 24.7 Å². The Morgan fingerprint density at radius 1 is 1.33 bits per heavy atom. The molecule has 2 aromatic heterocycles. The lowest BCUT2D eigenvalue weighted by Gasteiger charge is -2.31. The molecule has 3 rings (SSSR count). The fraction of sp³-hybridized carbons (Fsp3) is 0.471. The van der Waals surface area contributed by atoms with Crippen molar-refractivity contribution < 1.29 is 27.2 Å². The Morgan fingerprint density at radius 2 is 2.07 bits per heavy atom. The third-order valence-electron chi connectivity index (χ3n) is 4.47. The largest absolute Gasteiger partial charge is 0.467 e. The number of alkyl halides is 3. The van der Waals surface area contributed by atoms with E-state index in [-0.39, 0.29) is 37.2 Å². The van der Waals surface area contributed by atoms with E-state index in [9.17, 15) is 22.8 Å². The van der Waals surface area contributed by atoms with Crippen molar-refractivity contribution in [3.63, 3.8) is 0 Å². The number of amides is 2. The Bertz CT molecular complexity index is 778. The molecule has 3 heterocycles. The second-order valence-electron chi connectivity index (χ2n) is 6.42. The fourth-order valence-electron chi connectivity index (χ4n) is 3.06. The van der Waals surface area contributed by atoms with Gasteiger partial charge in [-0.3, -0.25) is 14.7 Å². The van der Waals surface area contributed by atoms with Gasteiger partial charge in [-0.25, -0.2) is 0 Å². The molecular formula is C17H19F3N4O3. The van der Waals surface area contributed by atoms with Crippen LogP contribution in [-0.2, 0) is 11.3 Å². The summed E-state index contributed by atoms with van der Waals surface area (Å²) in [7, 11) is 0. The summed E-state index contributed by atoms with van der Waals surface area (Å²) in [5, 5.41) is 9.50. The highest BCUT2D eigenvalue weighted by Crippen LogP contribution is 2.29. The molecule has 10 heteroatoms. The van der Waals surface area contributed by atoms with Crippen LogP contribution >= 0.6 is 0 Å². The van der Waals surface area contributed by atoms with Crippen LogP contribution in [0.4, 0.5) is 13.2 Å². The Balaban J connectivity index is 1.50. The van der Waals surface area contributed by atoms with Crippen molar-refractivity contribution in [2.45, 2.75) is 37.9 Å². The van der Waals surface area contributed by atoms with Gasteiger partial charge in [0.2, 0.25) is 5.91 Å². The predicted octanol–water partition coefficient (Wildman–Crippen LogP) is 2.59. The molecule has 0 unspecified atom stereocenters. The van der Waals surface area contributed by atoms with E-state index < -0.39 is 18.5 Å². The number of carbonyl (C=O) groups is 2. The average Bonchev–Trinajstić information content (AvgIpc) is 3.30. The quantitative estimate of drug-likeness (QED) is 0.829. The molecule has 1 aliphatic rings. The summed E-state index contributed by atoms with van der Waals surface area (Å²) < 4.78 is 42.1.